The minimum Gasteiger partial charge on any atom is -0.481 e. The van der Waals surface area contributed by atoms with Crippen LogP contribution in [0.2, 0.25) is 0 Å². The first kappa shape index (κ1) is 32.1. The van der Waals surface area contributed by atoms with E-state index in [0.717, 1.165) is 6.42 Å². The van der Waals surface area contributed by atoms with Crippen molar-refractivity contribution in [2.75, 3.05) is 7.05 Å². The average molecular weight is 588 g/mol. The molecule has 3 rings (SSSR count). The van der Waals surface area contributed by atoms with Gasteiger partial charge in [0.15, 0.2) is 6.10 Å². The molecule has 2 amide bonds. The predicted octanol–water partition coefficient (Wildman–Crippen LogP) is 4.05. The molecule has 2 N–H and O–H groups in total. The Hall–Kier alpha value is -3.41. The third-order valence-corrected chi connectivity index (χ3v) is 8.30. The van der Waals surface area contributed by atoms with Crippen LogP contribution in [0, 0.1) is 17.8 Å². The number of ether oxygens (including phenoxy) is 1. The maximum absolute atomic E-state index is 13.2. The summed E-state index contributed by atoms with van der Waals surface area (Å²) in [5, 5.41) is 14.3. The molecule has 2 heterocycles. The molecule has 0 aromatic carbocycles. The fourth-order valence-electron chi connectivity index (χ4n) is 4.77. The van der Waals surface area contributed by atoms with Crippen LogP contribution in [0.5, 0.6) is 0 Å². The van der Waals surface area contributed by atoms with Crippen LogP contribution in [0.3, 0.4) is 0 Å². The molecule has 1 unspecified atom stereocenters. The van der Waals surface area contributed by atoms with Crippen LogP contribution in [0.25, 0.3) is 0 Å². The highest BCUT2D eigenvalue weighted by molar-refractivity contribution is 7.09. The zero-order chi connectivity index (χ0) is 30.1. The van der Waals surface area contributed by atoms with Crippen molar-refractivity contribution in [1.29, 1.82) is 0 Å². The zero-order valence-corrected chi connectivity index (χ0v) is 25.2. The smallest absolute Gasteiger partial charge is 0.306 e. The van der Waals surface area contributed by atoms with E-state index >= 15 is 0 Å². The van der Waals surface area contributed by atoms with Crippen molar-refractivity contribution >= 4 is 35.1 Å². The Morgan fingerprint density at radius 3 is 2.41 bits per heavy atom. The molecule has 0 bridgehead atoms. The molecule has 1 fully saturated rings. The molecule has 0 saturated heterocycles. The standard InChI is InChI=1S/C29H41N5O6S/c1-17(2)23(34(5)26(36)10-9-20-7-8-20)15-24(40-19(4)35)28-33-22(16-41-28)27(37)32-21(13-18(3)29(38)39)14-25-30-11-6-12-31-25/h6,11-12,16-18,20-21,23-24H,7-10,13-15H2,1-5H3,(H,32,37)(H,38,39)/t18-,21+,23?,24+/m0/s1. The molecule has 0 spiro atoms. The molecule has 1 aliphatic rings. The lowest BCUT2D eigenvalue weighted by Gasteiger charge is -2.33. The van der Waals surface area contributed by atoms with E-state index in [1.54, 1.807) is 42.7 Å². The van der Waals surface area contributed by atoms with Gasteiger partial charge in [0.25, 0.3) is 5.91 Å². The van der Waals surface area contributed by atoms with E-state index in [1.165, 1.54) is 31.1 Å². The number of aliphatic carboxylic acids is 1. The quantitative estimate of drug-likeness (QED) is 0.277. The van der Waals surface area contributed by atoms with Crippen LogP contribution in [-0.4, -0.2) is 67.8 Å². The number of hydrogen-bond acceptors (Lipinski definition) is 9. The number of carbonyl (C=O) groups is 4. The molecule has 4 atom stereocenters. The average Bonchev–Trinajstić information content (AvgIpc) is 3.62. The molecule has 0 aliphatic heterocycles. The van der Waals surface area contributed by atoms with Crippen LogP contribution in [0.1, 0.15) is 93.6 Å². The SMILES string of the molecule is CC(=O)O[C@H](CC(C(C)C)N(C)C(=O)CCC1CC1)c1nc(C(=O)N[C@@H](Cc2ncccn2)C[C@H](C)C(=O)O)cs1. The number of esters is 1. The van der Waals surface area contributed by atoms with Crippen molar-refractivity contribution in [3.63, 3.8) is 0 Å². The van der Waals surface area contributed by atoms with Gasteiger partial charge in [-0.25, -0.2) is 15.0 Å². The van der Waals surface area contributed by atoms with Crippen LogP contribution in [0.15, 0.2) is 23.8 Å². The number of nitrogens with one attached hydrogen (secondary N) is 1. The molecule has 0 radical (unpaired) electrons. The normalized spacial score (nSPS) is 16.0. The van der Waals surface area contributed by atoms with Gasteiger partial charge in [-0.1, -0.05) is 33.6 Å². The van der Waals surface area contributed by atoms with Gasteiger partial charge in [0, 0.05) is 63.1 Å². The largest absolute Gasteiger partial charge is 0.481 e. The van der Waals surface area contributed by atoms with Crippen molar-refractivity contribution < 1.29 is 29.0 Å². The van der Waals surface area contributed by atoms with Crippen molar-refractivity contribution in [3.05, 3.63) is 40.4 Å². The molecule has 12 heteroatoms. The van der Waals surface area contributed by atoms with Crippen molar-refractivity contribution in [2.24, 2.45) is 17.8 Å². The second-order valence-corrected chi connectivity index (χ2v) is 12.1. The van der Waals surface area contributed by atoms with E-state index in [4.69, 9.17) is 4.74 Å². The highest BCUT2D eigenvalue weighted by Crippen LogP contribution is 2.34. The number of carboxylic acids is 1. The van der Waals surface area contributed by atoms with Crippen molar-refractivity contribution in [1.82, 2.24) is 25.2 Å². The van der Waals surface area contributed by atoms with Gasteiger partial charge in [-0.05, 0) is 30.7 Å². The molecule has 2 aromatic rings. The summed E-state index contributed by atoms with van der Waals surface area (Å²) in [5.74, 6) is -1.30. The first-order valence-corrected chi connectivity index (χ1v) is 15.0. The lowest BCUT2D eigenvalue weighted by Crippen LogP contribution is -2.41. The highest BCUT2D eigenvalue weighted by Gasteiger charge is 2.32. The van der Waals surface area contributed by atoms with E-state index in [0.29, 0.717) is 29.6 Å². The van der Waals surface area contributed by atoms with Gasteiger partial charge >= 0.3 is 11.9 Å². The Balaban J connectivity index is 1.74. The Kier molecular flexibility index (Phi) is 11.7. The number of nitrogens with zero attached hydrogens (tertiary/aromatic N) is 4. The van der Waals surface area contributed by atoms with Gasteiger partial charge in [0.05, 0.1) is 5.92 Å². The molecular formula is C29H41N5O6S. The van der Waals surface area contributed by atoms with Crippen LogP contribution < -0.4 is 5.32 Å². The van der Waals surface area contributed by atoms with Crippen LogP contribution in [-0.2, 0) is 25.5 Å². The summed E-state index contributed by atoms with van der Waals surface area (Å²) < 4.78 is 5.64. The minimum absolute atomic E-state index is 0.0698. The number of hydrogen-bond donors (Lipinski definition) is 2. The Bertz CT molecular complexity index is 1190. The first-order chi connectivity index (χ1) is 19.4. The summed E-state index contributed by atoms with van der Waals surface area (Å²) in [4.78, 5) is 64.3. The third kappa shape index (κ3) is 10.2. The molecule has 224 valence electrons. The van der Waals surface area contributed by atoms with Gasteiger partial charge in [0.1, 0.15) is 16.5 Å². The Morgan fingerprint density at radius 2 is 1.83 bits per heavy atom. The molecule has 11 nitrogen and oxygen atoms in total. The highest BCUT2D eigenvalue weighted by atomic mass is 32.1. The molecule has 41 heavy (non-hydrogen) atoms. The summed E-state index contributed by atoms with van der Waals surface area (Å²) in [6.07, 6.45) is 7.02. The molecule has 2 aromatic heterocycles. The second kappa shape index (κ2) is 15.0. The topological polar surface area (TPSA) is 152 Å². The van der Waals surface area contributed by atoms with Gasteiger partial charge in [-0.2, -0.15) is 0 Å². The number of carboxylic acid groups (broad SMARTS) is 1. The predicted molar refractivity (Wildman–Crippen MR) is 153 cm³/mol. The minimum atomic E-state index is -0.964. The summed E-state index contributed by atoms with van der Waals surface area (Å²) in [6.45, 7) is 6.95. The van der Waals surface area contributed by atoms with E-state index in [2.05, 4.69) is 20.3 Å². The maximum Gasteiger partial charge on any atom is 0.306 e. The summed E-state index contributed by atoms with van der Waals surface area (Å²) in [5.41, 5.74) is 0.138. The molecular weight excluding hydrogens is 546 g/mol. The number of aromatic nitrogens is 3. The zero-order valence-electron chi connectivity index (χ0n) is 24.4. The van der Waals surface area contributed by atoms with Crippen molar-refractivity contribution in [2.45, 2.75) is 90.8 Å². The molecule has 1 saturated carbocycles. The van der Waals surface area contributed by atoms with E-state index in [9.17, 15) is 24.3 Å². The van der Waals surface area contributed by atoms with Gasteiger partial charge in [0.2, 0.25) is 5.91 Å². The fourth-order valence-corrected chi connectivity index (χ4v) is 5.61. The van der Waals surface area contributed by atoms with Crippen molar-refractivity contribution in [3.8, 4) is 0 Å². The lowest BCUT2D eigenvalue weighted by atomic mass is 9.96. The lowest BCUT2D eigenvalue weighted by molar-refractivity contribution is -0.148. The van der Waals surface area contributed by atoms with E-state index in [-0.39, 0.29) is 36.4 Å². The summed E-state index contributed by atoms with van der Waals surface area (Å²) >= 11 is 1.20. The summed E-state index contributed by atoms with van der Waals surface area (Å²) in [6, 6.07) is 0.949. The molecule has 1 aliphatic carbocycles. The van der Waals surface area contributed by atoms with Gasteiger partial charge < -0.3 is 20.1 Å². The van der Waals surface area contributed by atoms with Crippen LogP contribution >= 0.6 is 11.3 Å². The maximum atomic E-state index is 13.2. The monoisotopic (exact) mass is 587 g/mol. The second-order valence-electron chi connectivity index (χ2n) is 11.2. The van der Waals surface area contributed by atoms with Crippen LogP contribution in [0.4, 0.5) is 0 Å². The first-order valence-electron chi connectivity index (χ1n) is 14.1. The number of thiazole rings is 1. The Labute approximate surface area is 245 Å². The van der Waals surface area contributed by atoms with Gasteiger partial charge in [-0.15, -0.1) is 11.3 Å². The fraction of sp³-hybridized carbons (Fsp3) is 0.621. The van der Waals surface area contributed by atoms with Gasteiger partial charge in [-0.3, -0.25) is 19.2 Å². The third-order valence-electron chi connectivity index (χ3n) is 7.36. The number of amides is 2. The summed E-state index contributed by atoms with van der Waals surface area (Å²) in [7, 11) is 1.79. The Morgan fingerprint density at radius 1 is 1.15 bits per heavy atom. The van der Waals surface area contributed by atoms with E-state index < -0.39 is 35.9 Å². The number of carbonyl (C=O) groups excluding carboxylic acids is 3. The number of rotatable bonds is 16. The van der Waals surface area contributed by atoms with E-state index in [1.807, 2.05) is 13.8 Å².